The predicted octanol–water partition coefficient (Wildman–Crippen LogP) is 3.19. The number of halogens is 3. The third-order valence-electron chi connectivity index (χ3n) is 2.36. The minimum Gasteiger partial charge on any atom is -0.310 e. The van der Waals surface area contributed by atoms with Crippen LogP contribution in [0.3, 0.4) is 0 Å². The third kappa shape index (κ3) is 3.72. The summed E-state index contributed by atoms with van der Waals surface area (Å²) in [4.78, 5) is 15.6. The van der Waals surface area contributed by atoms with Crippen molar-refractivity contribution in [3.8, 4) is 0 Å². The van der Waals surface area contributed by atoms with Gasteiger partial charge in [-0.1, -0.05) is 17.7 Å². The predicted molar refractivity (Wildman–Crippen MR) is 67.9 cm³/mol. The molecule has 98 valence electrons. The van der Waals surface area contributed by atoms with E-state index in [4.69, 9.17) is 11.6 Å². The number of rotatable bonds is 3. The van der Waals surface area contributed by atoms with Crippen LogP contribution in [0.1, 0.15) is 5.56 Å². The van der Waals surface area contributed by atoms with Crippen molar-refractivity contribution in [3.63, 3.8) is 0 Å². The molecule has 0 unspecified atom stereocenters. The van der Waals surface area contributed by atoms with Crippen LogP contribution in [-0.4, -0.2) is 10.9 Å². The number of carbonyl (C=O) groups excluding carboxylic acids is 1. The Kier molecular flexibility index (Phi) is 4.06. The van der Waals surface area contributed by atoms with E-state index in [1.807, 2.05) is 0 Å². The average Bonchev–Trinajstić information content (AvgIpc) is 2.33. The van der Waals surface area contributed by atoms with Crippen LogP contribution < -0.4 is 5.32 Å². The number of hydrogen-bond donors (Lipinski definition) is 1. The maximum absolute atomic E-state index is 13.4. The zero-order valence-electron chi connectivity index (χ0n) is 9.66. The summed E-state index contributed by atoms with van der Waals surface area (Å²) in [5, 5.41) is 2.91. The van der Waals surface area contributed by atoms with Crippen molar-refractivity contribution in [2.45, 2.75) is 6.42 Å². The van der Waals surface area contributed by atoms with E-state index in [9.17, 15) is 13.6 Å². The van der Waals surface area contributed by atoms with Crippen LogP contribution in [0.15, 0.2) is 36.5 Å². The van der Waals surface area contributed by atoms with Crippen molar-refractivity contribution in [3.05, 3.63) is 58.7 Å². The number of amides is 1. The summed E-state index contributed by atoms with van der Waals surface area (Å²) in [5.41, 5.74) is 0.112. The van der Waals surface area contributed by atoms with Crippen molar-refractivity contribution >= 4 is 23.3 Å². The van der Waals surface area contributed by atoms with Crippen LogP contribution in [0.4, 0.5) is 14.6 Å². The first-order valence-electron chi connectivity index (χ1n) is 5.40. The van der Waals surface area contributed by atoms with Crippen molar-refractivity contribution in [2.24, 2.45) is 0 Å². The number of pyridine rings is 1. The van der Waals surface area contributed by atoms with Crippen LogP contribution in [0, 0.1) is 11.6 Å². The molecule has 19 heavy (non-hydrogen) atoms. The minimum absolute atomic E-state index is 0.112. The Labute approximate surface area is 113 Å². The molecule has 1 N–H and O–H groups in total. The van der Waals surface area contributed by atoms with Gasteiger partial charge in [-0.25, -0.2) is 13.8 Å². The second-order valence-corrected chi connectivity index (χ2v) is 4.26. The van der Waals surface area contributed by atoms with Gasteiger partial charge in [-0.2, -0.15) is 0 Å². The molecular formula is C13H9ClF2N2O. The Morgan fingerprint density at radius 3 is 2.74 bits per heavy atom. The largest absolute Gasteiger partial charge is 0.310 e. The van der Waals surface area contributed by atoms with E-state index in [-0.39, 0.29) is 17.8 Å². The van der Waals surface area contributed by atoms with Crippen LogP contribution in [0.2, 0.25) is 5.02 Å². The normalized spacial score (nSPS) is 10.3. The van der Waals surface area contributed by atoms with Crippen molar-refractivity contribution in [1.82, 2.24) is 4.98 Å². The zero-order valence-corrected chi connectivity index (χ0v) is 10.4. The molecule has 1 aromatic heterocycles. The highest BCUT2D eigenvalue weighted by Crippen LogP contribution is 2.14. The summed E-state index contributed by atoms with van der Waals surface area (Å²) in [7, 11) is 0. The van der Waals surface area contributed by atoms with Gasteiger partial charge in [0.2, 0.25) is 5.91 Å². The summed E-state index contributed by atoms with van der Waals surface area (Å²) in [5.74, 6) is -1.62. The number of benzene rings is 1. The second-order valence-electron chi connectivity index (χ2n) is 3.82. The molecule has 0 spiro atoms. The molecule has 0 fully saturated rings. The van der Waals surface area contributed by atoms with Gasteiger partial charge in [-0.15, -0.1) is 0 Å². The fourth-order valence-electron chi connectivity index (χ4n) is 1.50. The Morgan fingerprint density at radius 1 is 1.26 bits per heavy atom. The lowest BCUT2D eigenvalue weighted by atomic mass is 10.1. The first-order chi connectivity index (χ1) is 9.04. The van der Waals surface area contributed by atoms with E-state index < -0.39 is 17.5 Å². The molecule has 2 aromatic rings. The van der Waals surface area contributed by atoms with Crippen molar-refractivity contribution < 1.29 is 13.6 Å². The molecule has 1 heterocycles. The molecule has 0 aliphatic carbocycles. The van der Waals surface area contributed by atoms with Crippen LogP contribution in [0.25, 0.3) is 0 Å². The summed E-state index contributed by atoms with van der Waals surface area (Å²) >= 11 is 5.74. The summed E-state index contributed by atoms with van der Waals surface area (Å²) in [6.07, 6.45) is 1.23. The minimum atomic E-state index is -0.755. The van der Waals surface area contributed by atoms with E-state index in [2.05, 4.69) is 10.3 Å². The second kappa shape index (κ2) is 5.75. The molecule has 0 saturated heterocycles. The lowest BCUT2D eigenvalue weighted by Crippen LogP contribution is -2.16. The molecule has 2 rings (SSSR count). The number of aromatic nitrogens is 1. The Hall–Kier alpha value is -2.01. The standard InChI is InChI=1S/C13H9ClF2N2O/c14-9-3-4-17-12(6-9)18-13(19)5-8-1-2-10(15)7-11(8)16/h1-4,6-7H,5H2,(H,17,18,19). The highest BCUT2D eigenvalue weighted by molar-refractivity contribution is 6.30. The molecule has 0 aliphatic rings. The molecular weight excluding hydrogens is 274 g/mol. The van der Waals surface area contributed by atoms with Crippen LogP contribution in [-0.2, 0) is 11.2 Å². The van der Waals surface area contributed by atoms with Gasteiger partial charge in [-0.05, 0) is 23.8 Å². The molecule has 0 bridgehead atoms. The van der Waals surface area contributed by atoms with Crippen LogP contribution in [0.5, 0.6) is 0 Å². The number of carbonyl (C=O) groups is 1. The lowest BCUT2D eigenvalue weighted by Gasteiger charge is -2.05. The molecule has 6 heteroatoms. The molecule has 0 aliphatic heterocycles. The van der Waals surface area contributed by atoms with Gasteiger partial charge in [0.25, 0.3) is 0 Å². The maximum atomic E-state index is 13.4. The highest BCUT2D eigenvalue weighted by atomic mass is 35.5. The van der Waals surface area contributed by atoms with E-state index in [1.165, 1.54) is 18.3 Å². The van der Waals surface area contributed by atoms with Crippen LogP contribution >= 0.6 is 11.6 Å². The molecule has 1 aromatic carbocycles. The number of hydrogen-bond acceptors (Lipinski definition) is 2. The Bertz CT molecular complexity index is 619. The summed E-state index contributed by atoms with van der Waals surface area (Å²) in [6, 6.07) is 6.11. The first-order valence-corrected chi connectivity index (χ1v) is 5.78. The molecule has 0 saturated carbocycles. The van der Waals surface area contributed by atoms with Gasteiger partial charge < -0.3 is 5.32 Å². The fraction of sp³-hybridized carbons (Fsp3) is 0.0769. The van der Waals surface area contributed by atoms with Gasteiger partial charge in [0.05, 0.1) is 6.42 Å². The van der Waals surface area contributed by atoms with E-state index in [0.717, 1.165) is 12.1 Å². The molecule has 3 nitrogen and oxygen atoms in total. The van der Waals surface area contributed by atoms with E-state index >= 15 is 0 Å². The van der Waals surface area contributed by atoms with E-state index in [1.54, 1.807) is 6.07 Å². The number of nitrogens with one attached hydrogen (secondary N) is 1. The summed E-state index contributed by atoms with van der Waals surface area (Å²) in [6.45, 7) is 0. The lowest BCUT2D eigenvalue weighted by molar-refractivity contribution is -0.115. The smallest absolute Gasteiger partial charge is 0.230 e. The number of anilines is 1. The first kappa shape index (κ1) is 13.4. The zero-order chi connectivity index (χ0) is 13.8. The topological polar surface area (TPSA) is 42.0 Å². The van der Waals surface area contributed by atoms with Gasteiger partial charge in [0.1, 0.15) is 17.5 Å². The van der Waals surface area contributed by atoms with Crippen molar-refractivity contribution in [1.29, 1.82) is 0 Å². The molecule has 0 atom stereocenters. The third-order valence-corrected chi connectivity index (χ3v) is 2.59. The molecule has 1 amide bonds. The van der Waals surface area contributed by atoms with Gasteiger partial charge in [0, 0.05) is 17.3 Å². The highest BCUT2D eigenvalue weighted by Gasteiger charge is 2.10. The number of nitrogens with zero attached hydrogens (tertiary/aromatic N) is 1. The fourth-order valence-corrected chi connectivity index (χ4v) is 1.66. The average molecular weight is 283 g/mol. The summed E-state index contributed by atoms with van der Waals surface area (Å²) < 4.78 is 26.1. The van der Waals surface area contributed by atoms with Crippen molar-refractivity contribution in [2.75, 3.05) is 5.32 Å². The molecule has 0 radical (unpaired) electrons. The van der Waals surface area contributed by atoms with Gasteiger partial charge in [0.15, 0.2) is 0 Å². The monoisotopic (exact) mass is 282 g/mol. The SMILES string of the molecule is O=C(Cc1ccc(F)cc1F)Nc1cc(Cl)ccn1. The van der Waals surface area contributed by atoms with Gasteiger partial charge >= 0.3 is 0 Å². The van der Waals surface area contributed by atoms with E-state index in [0.29, 0.717) is 5.02 Å². The Balaban J connectivity index is 2.05. The van der Waals surface area contributed by atoms with Gasteiger partial charge in [-0.3, -0.25) is 4.79 Å². The maximum Gasteiger partial charge on any atom is 0.230 e. The quantitative estimate of drug-likeness (QED) is 0.939. The Morgan fingerprint density at radius 2 is 2.05 bits per heavy atom.